The Kier molecular flexibility index (Phi) is 2.69. The highest BCUT2D eigenvalue weighted by atomic mass is 16.5. The predicted molar refractivity (Wildman–Crippen MR) is 64.8 cm³/mol. The van der Waals surface area contributed by atoms with Crippen molar-refractivity contribution >= 4 is 16.9 Å². The first-order valence-electron chi connectivity index (χ1n) is 5.52. The van der Waals surface area contributed by atoms with Crippen molar-refractivity contribution in [3.63, 3.8) is 0 Å². The number of hydrogen-bond acceptors (Lipinski definition) is 6. The number of carbonyl (C=O) groups excluding carboxylic acids is 1. The highest BCUT2D eigenvalue weighted by Crippen LogP contribution is 2.12. The Labute approximate surface area is 107 Å². The number of hydrogen-bond donors (Lipinski definition) is 2. The highest BCUT2D eigenvalue weighted by molar-refractivity contribution is 5.91. The molecule has 3 rings (SSSR count). The number of carbonyl (C=O) groups is 1. The maximum atomic E-state index is 11.2. The molecule has 19 heavy (non-hydrogen) atoms. The molecular weight excluding hydrogens is 248 g/mol. The number of nitrogens with two attached hydrogens (primary N) is 1. The molecular formula is C11H10N6O2. The first-order valence-corrected chi connectivity index (χ1v) is 5.52. The van der Waals surface area contributed by atoms with Crippen molar-refractivity contribution in [2.24, 2.45) is 5.84 Å². The van der Waals surface area contributed by atoms with Gasteiger partial charge in [-0.2, -0.15) is 0 Å². The molecule has 0 bridgehead atoms. The summed E-state index contributed by atoms with van der Waals surface area (Å²) < 4.78 is 6.72. The third-order valence-corrected chi connectivity index (χ3v) is 2.65. The summed E-state index contributed by atoms with van der Waals surface area (Å²) in [5.74, 6) is 5.01. The molecule has 2 heterocycles. The zero-order valence-corrected chi connectivity index (χ0v) is 9.78. The summed E-state index contributed by atoms with van der Waals surface area (Å²) >= 11 is 0. The molecule has 0 saturated heterocycles. The minimum absolute atomic E-state index is 0.127. The molecule has 96 valence electrons. The van der Waals surface area contributed by atoms with E-state index in [1.54, 1.807) is 4.68 Å². The van der Waals surface area contributed by atoms with Crippen LogP contribution >= 0.6 is 0 Å². The van der Waals surface area contributed by atoms with Gasteiger partial charge in [-0.05, 0) is 12.1 Å². The van der Waals surface area contributed by atoms with Crippen LogP contribution in [-0.4, -0.2) is 26.1 Å². The first kappa shape index (κ1) is 11.4. The summed E-state index contributed by atoms with van der Waals surface area (Å²) in [5.41, 5.74) is 3.79. The van der Waals surface area contributed by atoms with E-state index in [0.29, 0.717) is 12.3 Å². The van der Waals surface area contributed by atoms with Gasteiger partial charge in [-0.15, -0.1) is 5.10 Å². The molecule has 0 aliphatic rings. The maximum Gasteiger partial charge on any atom is 0.287 e. The number of nitrogens with one attached hydrogen (secondary N) is 1. The van der Waals surface area contributed by atoms with Crippen molar-refractivity contribution in [1.29, 1.82) is 0 Å². The molecule has 0 saturated carbocycles. The van der Waals surface area contributed by atoms with Crippen LogP contribution in [0.15, 0.2) is 34.9 Å². The Morgan fingerprint density at radius 1 is 1.42 bits per heavy atom. The van der Waals surface area contributed by atoms with Crippen LogP contribution in [0.2, 0.25) is 0 Å². The van der Waals surface area contributed by atoms with Gasteiger partial charge in [-0.3, -0.25) is 10.2 Å². The third-order valence-electron chi connectivity index (χ3n) is 2.65. The summed E-state index contributed by atoms with van der Waals surface area (Å²) in [6.45, 7) is 0.339. The van der Waals surface area contributed by atoms with Crippen LogP contribution in [0.4, 0.5) is 0 Å². The van der Waals surface area contributed by atoms with Crippen LogP contribution in [-0.2, 0) is 6.54 Å². The normalized spacial score (nSPS) is 10.8. The van der Waals surface area contributed by atoms with Gasteiger partial charge in [0.2, 0.25) is 0 Å². The number of nitrogen functional groups attached to an aromatic ring is 1. The second-order valence-electron chi connectivity index (χ2n) is 3.89. The lowest BCUT2D eigenvalue weighted by molar-refractivity contribution is 0.0944. The van der Waals surface area contributed by atoms with Gasteiger partial charge in [-0.25, -0.2) is 10.5 Å². The predicted octanol–water partition coefficient (Wildman–Crippen LogP) is 0.0711. The summed E-state index contributed by atoms with van der Waals surface area (Å²) in [4.78, 5) is 11.2. The number of para-hydroxylation sites is 1. The minimum atomic E-state index is -0.501. The van der Waals surface area contributed by atoms with Crippen molar-refractivity contribution in [2.75, 3.05) is 0 Å². The van der Waals surface area contributed by atoms with Crippen molar-refractivity contribution in [1.82, 2.24) is 25.6 Å². The lowest BCUT2D eigenvalue weighted by Crippen LogP contribution is -2.30. The number of benzene rings is 1. The largest absolute Gasteiger partial charge is 0.359 e. The summed E-state index contributed by atoms with van der Waals surface area (Å²) in [6.07, 6.45) is 0. The monoisotopic (exact) mass is 258 g/mol. The van der Waals surface area contributed by atoms with Crippen LogP contribution in [0.3, 0.4) is 0 Å². The Morgan fingerprint density at radius 3 is 3.11 bits per heavy atom. The fourth-order valence-electron chi connectivity index (χ4n) is 1.75. The number of nitrogens with zero attached hydrogens (tertiary/aromatic N) is 4. The molecule has 1 aromatic carbocycles. The van der Waals surface area contributed by atoms with E-state index in [-0.39, 0.29) is 5.69 Å². The van der Waals surface area contributed by atoms with E-state index in [9.17, 15) is 4.79 Å². The van der Waals surface area contributed by atoms with E-state index < -0.39 is 5.91 Å². The Hall–Kier alpha value is -2.74. The average molecular weight is 258 g/mol. The Balaban J connectivity index is 1.89. The van der Waals surface area contributed by atoms with E-state index in [4.69, 9.17) is 10.4 Å². The van der Waals surface area contributed by atoms with E-state index in [1.165, 1.54) is 6.07 Å². The fraction of sp³-hybridized carbons (Fsp3) is 0.0909. The Morgan fingerprint density at radius 2 is 2.26 bits per heavy atom. The molecule has 0 atom stereocenters. The molecule has 8 nitrogen and oxygen atoms in total. The molecule has 0 aliphatic carbocycles. The second-order valence-corrected chi connectivity index (χ2v) is 3.89. The van der Waals surface area contributed by atoms with Crippen LogP contribution < -0.4 is 11.3 Å². The molecule has 3 N–H and O–H groups in total. The van der Waals surface area contributed by atoms with Crippen LogP contribution in [0.1, 0.15) is 16.2 Å². The van der Waals surface area contributed by atoms with Gasteiger partial charge in [-0.1, -0.05) is 22.5 Å². The van der Waals surface area contributed by atoms with E-state index in [1.807, 2.05) is 29.7 Å². The van der Waals surface area contributed by atoms with E-state index in [2.05, 4.69) is 15.5 Å². The van der Waals surface area contributed by atoms with Gasteiger partial charge < -0.3 is 4.52 Å². The average Bonchev–Trinajstić information content (AvgIpc) is 3.06. The van der Waals surface area contributed by atoms with Crippen molar-refractivity contribution in [3.8, 4) is 0 Å². The molecule has 3 aromatic rings. The molecule has 2 aromatic heterocycles. The molecule has 0 aliphatic heterocycles. The summed E-state index contributed by atoms with van der Waals surface area (Å²) in [6, 6.07) is 9.07. The number of fused-ring (bicyclic) bond motifs is 1. The zero-order chi connectivity index (χ0) is 13.2. The third kappa shape index (κ3) is 2.04. The zero-order valence-electron chi connectivity index (χ0n) is 9.78. The van der Waals surface area contributed by atoms with Gasteiger partial charge >= 0.3 is 0 Å². The summed E-state index contributed by atoms with van der Waals surface area (Å²) in [7, 11) is 0. The first-order chi connectivity index (χ1) is 9.28. The molecule has 8 heteroatoms. The lowest BCUT2D eigenvalue weighted by atomic mass is 10.3. The Bertz CT molecular complexity index is 731. The number of rotatable bonds is 3. The van der Waals surface area contributed by atoms with E-state index in [0.717, 1.165) is 11.0 Å². The molecule has 0 spiro atoms. The number of amides is 1. The van der Waals surface area contributed by atoms with Crippen LogP contribution in [0, 0.1) is 0 Å². The highest BCUT2D eigenvalue weighted by Gasteiger charge is 2.12. The fourth-order valence-corrected chi connectivity index (χ4v) is 1.75. The van der Waals surface area contributed by atoms with Gasteiger partial charge in [0.1, 0.15) is 12.1 Å². The van der Waals surface area contributed by atoms with Gasteiger partial charge in [0.25, 0.3) is 5.91 Å². The van der Waals surface area contributed by atoms with Gasteiger partial charge in [0.05, 0.1) is 5.52 Å². The quantitative estimate of drug-likeness (QED) is 0.390. The van der Waals surface area contributed by atoms with Crippen LogP contribution in [0.25, 0.3) is 11.0 Å². The van der Waals surface area contributed by atoms with E-state index >= 15 is 0 Å². The number of hydrazine groups is 1. The van der Waals surface area contributed by atoms with Gasteiger partial charge in [0.15, 0.2) is 11.5 Å². The van der Waals surface area contributed by atoms with Crippen molar-refractivity contribution in [2.45, 2.75) is 6.54 Å². The minimum Gasteiger partial charge on any atom is -0.359 e. The molecule has 1 amide bonds. The number of aromatic nitrogens is 4. The second kappa shape index (κ2) is 4.50. The SMILES string of the molecule is NNC(=O)c1cc(Cn2nnc3ccccc32)on1. The summed E-state index contributed by atoms with van der Waals surface area (Å²) in [5, 5.41) is 11.7. The molecule has 0 radical (unpaired) electrons. The topological polar surface area (TPSA) is 112 Å². The maximum absolute atomic E-state index is 11.2. The van der Waals surface area contributed by atoms with Gasteiger partial charge in [0, 0.05) is 6.07 Å². The smallest absolute Gasteiger partial charge is 0.287 e. The standard InChI is InChI=1S/C11H10N6O2/c12-13-11(18)9-5-7(19-15-9)6-17-10-4-2-1-3-8(10)14-16-17/h1-5H,6,12H2,(H,13,18). The lowest BCUT2D eigenvalue weighted by Gasteiger charge is -1.97. The van der Waals surface area contributed by atoms with Crippen molar-refractivity contribution < 1.29 is 9.32 Å². The molecule has 0 fully saturated rings. The van der Waals surface area contributed by atoms with Crippen molar-refractivity contribution in [3.05, 3.63) is 41.8 Å². The van der Waals surface area contributed by atoms with Crippen LogP contribution in [0.5, 0.6) is 0 Å². The molecule has 0 unspecified atom stereocenters.